The van der Waals surface area contributed by atoms with E-state index >= 15 is 0 Å². The first-order chi connectivity index (χ1) is 8.77. The summed E-state index contributed by atoms with van der Waals surface area (Å²) in [4.78, 5) is 13.8. The highest BCUT2D eigenvalue weighted by Gasteiger charge is 2.35. The van der Waals surface area contributed by atoms with Gasteiger partial charge < -0.3 is 15.5 Å². The van der Waals surface area contributed by atoms with Crippen molar-refractivity contribution < 1.29 is 9.21 Å². The summed E-state index contributed by atoms with van der Waals surface area (Å²) in [6, 6.07) is 2.12. The fourth-order valence-corrected chi connectivity index (χ4v) is 3.16. The lowest BCUT2D eigenvalue weighted by atomic mass is 9.90. The standard InChI is InChI=1S/C13H19N3O2/c14-13(17)11-8-15-5-6-16(11)10-2-1-3-12-9(10)4-7-18-12/h4,7,10-11,15H,1-3,5-6,8H2,(H2,14,17). The van der Waals surface area contributed by atoms with E-state index in [1.54, 1.807) is 6.26 Å². The molecule has 2 atom stereocenters. The number of hydrogen-bond acceptors (Lipinski definition) is 4. The first kappa shape index (κ1) is 11.7. The Morgan fingerprint density at radius 2 is 2.44 bits per heavy atom. The number of hydrogen-bond donors (Lipinski definition) is 2. The molecule has 3 N–H and O–H groups in total. The third-order valence-electron chi connectivity index (χ3n) is 4.03. The van der Waals surface area contributed by atoms with Crippen LogP contribution in [0.3, 0.4) is 0 Å². The van der Waals surface area contributed by atoms with Crippen molar-refractivity contribution >= 4 is 5.91 Å². The number of nitrogens with zero attached hydrogens (tertiary/aromatic N) is 1. The van der Waals surface area contributed by atoms with E-state index in [0.717, 1.165) is 38.1 Å². The van der Waals surface area contributed by atoms with Gasteiger partial charge in [-0.1, -0.05) is 0 Å². The number of rotatable bonds is 2. The highest BCUT2D eigenvalue weighted by atomic mass is 16.3. The summed E-state index contributed by atoms with van der Waals surface area (Å²) in [5.74, 6) is 0.839. The topological polar surface area (TPSA) is 71.5 Å². The molecule has 0 saturated carbocycles. The summed E-state index contributed by atoms with van der Waals surface area (Å²) < 4.78 is 5.51. The molecule has 0 radical (unpaired) electrons. The number of aryl methyl sites for hydroxylation is 1. The Balaban J connectivity index is 1.88. The van der Waals surface area contributed by atoms with Gasteiger partial charge in [0.05, 0.1) is 6.26 Å². The molecule has 1 fully saturated rings. The van der Waals surface area contributed by atoms with Gasteiger partial charge in [0.15, 0.2) is 0 Å². The predicted molar refractivity (Wildman–Crippen MR) is 66.9 cm³/mol. The molecule has 2 heterocycles. The number of primary amides is 1. The van der Waals surface area contributed by atoms with Crippen molar-refractivity contribution in [1.29, 1.82) is 0 Å². The van der Waals surface area contributed by atoms with Crippen molar-refractivity contribution in [3.8, 4) is 0 Å². The molecule has 1 aliphatic heterocycles. The lowest BCUT2D eigenvalue weighted by Crippen LogP contribution is -2.58. The van der Waals surface area contributed by atoms with Crippen molar-refractivity contribution in [1.82, 2.24) is 10.2 Å². The average Bonchev–Trinajstić information content (AvgIpc) is 2.86. The number of fused-ring (bicyclic) bond motifs is 1. The van der Waals surface area contributed by atoms with Crippen LogP contribution in [0.15, 0.2) is 16.7 Å². The van der Waals surface area contributed by atoms with E-state index in [2.05, 4.69) is 10.2 Å². The Kier molecular flexibility index (Phi) is 3.09. The van der Waals surface area contributed by atoms with E-state index in [9.17, 15) is 4.79 Å². The van der Waals surface area contributed by atoms with Crippen LogP contribution in [0.25, 0.3) is 0 Å². The minimum absolute atomic E-state index is 0.204. The second-order valence-electron chi connectivity index (χ2n) is 5.07. The van der Waals surface area contributed by atoms with Crippen molar-refractivity contribution in [3.05, 3.63) is 23.7 Å². The van der Waals surface area contributed by atoms with Crippen molar-refractivity contribution in [3.63, 3.8) is 0 Å². The molecule has 0 spiro atoms. The van der Waals surface area contributed by atoms with E-state index in [1.807, 2.05) is 6.07 Å². The lowest BCUT2D eigenvalue weighted by molar-refractivity contribution is -0.125. The van der Waals surface area contributed by atoms with Crippen LogP contribution in [0.2, 0.25) is 0 Å². The molecule has 0 aromatic carbocycles. The number of carbonyl (C=O) groups is 1. The quantitative estimate of drug-likeness (QED) is 0.796. The van der Waals surface area contributed by atoms with Gasteiger partial charge in [-0.15, -0.1) is 0 Å². The van der Waals surface area contributed by atoms with Crippen LogP contribution in [-0.4, -0.2) is 36.5 Å². The number of amides is 1. The van der Waals surface area contributed by atoms with Crippen LogP contribution in [-0.2, 0) is 11.2 Å². The maximum Gasteiger partial charge on any atom is 0.236 e. The summed E-state index contributed by atoms with van der Waals surface area (Å²) in [6.07, 6.45) is 4.95. The zero-order valence-corrected chi connectivity index (χ0v) is 10.4. The smallest absolute Gasteiger partial charge is 0.236 e. The SMILES string of the molecule is NC(=O)C1CNCCN1C1CCCc2occc21. The number of carbonyl (C=O) groups excluding carboxylic acids is 1. The molecule has 1 aromatic heterocycles. The second-order valence-corrected chi connectivity index (χ2v) is 5.07. The third kappa shape index (κ3) is 1.93. The van der Waals surface area contributed by atoms with Gasteiger partial charge in [-0.3, -0.25) is 9.69 Å². The van der Waals surface area contributed by atoms with Crippen LogP contribution >= 0.6 is 0 Å². The fraction of sp³-hybridized carbons (Fsp3) is 0.615. The average molecular weight is 249 g/mol. The Bertz CT molecular complexity index is 443. The van der Waals surface area contributed by atoms with Gasteiger partial charge in [-0.05, 0) is 18.9 Å². The van der Waals surface area contributed by atoms with Gasteiger partial charge in [0, 0.05) is 37.7 Å². The van der Waals surface area contributed by atoms with E-state index in [4.69, 9.17) is 10.2 Å². The fourth-order valence-electron chi connectivity index (χ4n) is 3.16. The molecular weight excluding hydrogens is 230 g/mol. The van der Waals surface area contributed by atoms with Crippen LogP contribution < -0.4 is 11.1 Å². The molecule has 1 aliphatic carbocycles. The Morgan fingerprint density at radius 1 is 1.56 bits per heavy atom. The molecule has 1 saturated heterocycles. The number of furan rings is 1. The molecule has 3 rings (SSSR count). The third-order valence-corrected chi connectivity index (χ3v) is 4.03. The predicted octanol–water partition coefficient (Wildman–Crippen LogP) is 0.416. The van der Waals surface area contributed by atoms with E-state index in [0.29, 0.717) is 6.54 Å². The molecule has 1 amide bonds. The summed E-state index contributed by atoms with van der Waals surface area (Å²) in [5, 5.41) is 3.24. The maximum atomic E-state index is 11.6. The minimum Gasteiger partial charge on any atom is -0.469 e. The maximum absolute atomic E-state index is 11.6. The number of piperazine rings is 1. The Labute approximate surface area is 106 Å². The summed E-state index contributed by atoms with van der Waals surface area (Å²) in [6.45, 7) is 2.43. The lowest BCUT2D eigenvalue weighted by Gasteiger charge is -2.41. The molecular formula is C13H19N3O2. The second kappa shape index (κ2) is 4.74. The Hall–Kier alpha value is -1.33. The van der Waals surface area contributed by atoms with Crippen molar-refractivity contribution in [2.45, 2.75) is 31.3 Å². The summed E-state index contributed by atoms with van der Waals surface area (Å²) in [5.41, 5.74) is 6.76. The van der Waals surface area contributed by atoms with Crippen LogP contribution in [0, 0.1) is 0 Å². The monoisotopic (exact) mass is 249 g/mol. The summed E-state index contributed by atoms with van der Waals surface area (Å²) >= 11 is 0. The van der Waals surface area contributed by atoms with Crippen molar-refractivity contribution in [2.24, 2.45) is 5.73 Å². The van der Waals surface area contributed by atoms with Gasteiger partial charge in [0.2, 0.25) is 5.91 Å². The molecule has 2 aliphatic rings. The zero-order chi connectivity index (χ0) is 12.5. The first-order valence-corrected chi connectivity index (χ1v) is 6.59. The van der Waals surface area contributed by atoms with Crippen LogP contribution in [0.1, 0.15) is 30.2 Å². The molecule has 2 unspecified atom stereocenters. The highest BCUT2D eigenvalue weighted by Crippen LogP contribution is 2.36. The molecule has 5 heteroatoms. The molecule has 0 bridgehead atoms. The van der Waals surface area contributed by atoms with Crippen molar-refractivity contribution in [2.75, 3.05) is 19.6 Å². The van der Waals surface area contributed by atoms with Gasteiger partial charge in [-0.2, -0.15) is 0 Å². The molecule has 18 heavy (non-hydrogen) atoms. The largest absolute Gasteiger partial charge is 0.469 e. The van der Waals surface area contributed by atoms with E-state index in [-0.39, 0.29) is 18.0 Å². The molecule has 5 nitrogen and oxygen atoms in total. The molecule has 98 valence electrons. The van der Waals surface area contributed by atoms with Crippen LogP contribution in [0.5, 0.6) is 0 Å². The Morgan fingerprint density at radius 3 is 3.28 bits per heavy atom. The number of nitrogens with two attached hydrogens (primary N) is 1. The summed E-state index contributed by atoms with van der Waals surface area (Å²) in [7, 11) is 0. The normalized spacial score (nSPS) is 28.9. The van der Waals surface area contributed by atoms with Crippen LogP contribution in [0.4, 0.5) is 0 Å². The number of nitrogens with one attached hydrogen (secondary N) is 1. The van der Waals surface area contributed by atoms with E-state index in [1.165, 1.54) is 5.56 Å². The van der Waals surface area contributed by atoms with Gasteiger partial charge >= 0.3 is 0 Å². The first-order valence-electron chi connectivity index (χ1n) is 6.59. The molecule has 1 aromatic rings. The van der Waals surface area contributed by atoms with E-state index < -0.39 is 0 Å². The van der Waals surface area contributed by atoms with Gasteiger partial charge in [0.1, 0.15) is 11.8 Å². The van der Waals surface area contributed by atoms with Gasteiger partial charge in [0.25, 0.3) is 0 Å². The minimum atomic E-state index is -0.238. The highest BCUT2D eigenvalue weighted by molar-refractivity contribution is 5.80. The van der Waals surface area contributed by atoms with Gasteiger partial charge in [-0.25, -0.2) is 0 Å². The zero-order valence-electron chi connectivity index (χ0n) is 10.4.